The molecule has 164 valence electrons. The zero-order valence-electron chi connectivity index (χ0n) is 16.7. The second-order valence-electron chi connectivity index (χ2n) is 8.14. The van der Waals surface area contributed by atoms with Crippen LogP contribution in [0.5, 0.6) is 0 Å². The minimum atomic E-state index is -3.20. The quantitative estimate of drug-likeness (QED) is 0.731. The van der Waals surface area contributed by atoms with Crippen molar-refractivity contribution in [2.45, 2.75) is 56.5 Å². The Labute approximate surface area is 174 Å². The molecule has 30 heavy (non-hydrogen) atoms. The highest BCUT2D eigenvalue weighted by atomic mass is 32.2. The zero-order chi connectivity index (χ0) is 21.5. The van der Waals surface area contributed by atoms with Gasteiger partial charge in [0.2, 0.25) is 16.0 Å². The fourth-order valence-electron chi connectivity index (χ4n) is 4.30. The Bertz CT molecular complexity index is 1080. The predicted molar refractivity (Wildman–Crippen MR) is 111 cm³/mol. The van der Waals surface area contributed by atoms with E-state index in [0.717, 1.165) is 0 Å². The van der Waals surface area contributed by atoms with E-state index in [2.05, 4.69) is 15.3 Å². The molecule has 4 rings (SSSR count). The van der Waals surface area contributed by atoms with Gasteiger partial charge in [0.1, 0.15) is 11.8 Å². The summed E-state index contributed by atoms with van der Waals surface area (Å²) >= 11 is 0. The first-order valence-corrected chi connectivity index (χ1v) is 12.0. The number of pyridine rings is 1. The van der Waals surface area contributed by atoms with Crippen LogP contribution < -0.4 is 10.9 Å². The number of aromatic nitrogens is 3. The van der Waals surface area contributed by atoms with Crippen molar-refractivity contribution in [1.29, 1.82) is 0 Å². The van der Waals surface area contributed by atoms with Gasteiger partial charge in [-0.1, -0.05) is 0 Å². The van der Waals surface area contributed by atoms with E-state index in [9.17, 15) is 22.7 Å². The van der Waals surface area contributed by atoms with Gasteiger partial charge in [-0.2, -0.15) is 4.98 Å². The Balaban J connectivity index is 1.60. The van der Waals surface area contributed by atoms with Crippen LogP contribution in [-0.4, -0.2) is 70.0 Å². The maximum atomic E-state index is 14.6. The van der Waals surface area contributed by atoms with Gasteiger partial charge in [0.25, 0.3) is 5.56 Å². The van der Waals surface area contributed by atoms with Crippen molar-refractivity contribution in [3.63, 3.8) is 0 Å². The lowest BCUT2D eigenvalue weighted by Crippen LogP contribution is -2.42. The Morgan fingerprint density at radius 1 is 1.20 bits per heavy atom. The average molecular weight is 440 g/mol. The molecular formula is C19H26FN5O4S. The molecule has 2 fully saturated rings. The Hall–Kier alpha value is -2.11. The highest BCUT2D eigenvalue weighted by Crippen LogP contribution is 2.32. The summed E-state index contributed by atoms with van der Waals surface area (Å²) in [5, 5.41) is 13.8. The minimum absolute atomic E-state index is 0.00485. The zero-order valence-corrected chi connectivity index (χ0v) is 17.6. The van der Waals surface area contributed by atoms with E-state index >= 15 is 0 Å². The average Bonchev–Trinajstić information content (AvgIpc) is 2.70. The first kappa shape index (κ1) is 21.1. The molecule has 2 aromatic rings. The highest BCUT2D eigenvalue weighted by Gasteiger charge is 2.33. The van der Waals surface area contributed by atoms with Crippen molar-refractivity contribution in [3.05, 3.63) is 28.7 Å². The summed E-state index contributed by atoms with van der Waals surface area (Å²) in [6, 6.07) is 2.20. The predicted octanol–water partition coefficient (Wildman–Crippen LogP) is 1.05. The number of halogens is 1. The molecule has 1 aliphatic carbocycles. The van der Waals surface area contributed by atoms with Crippen LogP contribution in [0, 0.1) is 0 Å². The lowest BCUT2D eigenvalue weighted by molar-refractivity contribution is 0.0555. The van der Waals surface area contributed by atoms with Crippen molar-refractivity contribution in [2.75, 3.05) is 24.7 Å². The molecule has 2 N–H and O–H groups in total. The second-order valence-corrected chi connectivity index (χ2v) is 10.1. The SMILES string of the molecule is CS(=O)(=O)N1CCC(Nc2ncc3ccc(=O)n(C4CC(O)CCC4F)c3n2)CC1. The smallest absolute Gasteiger partial charge is 0.252 e. The molecule has 2 aromatic heterocycles. The van der Waals surface area contributed by atoms with Gasteiger partial charge in [-0.05, 0) is 38.2 Å². The van der Waals surface area contributed by atoms with Crippen LogP contribution in [0.25, 0.3) is 11.0 Å². The molecule has 0 bridgehead atoms. The largest absolute Gasteiger partial charge is 0.393 e. The van der Waals surface area contributed by atoms with Crippen LogP contribution in [0.3, 0.4) is 0 Å². The summed E-state index contributed by atoms with van der Waals surface area (Å²) < 4.78 is 40.8. The number of hydrogen-bond acceptors (Lipinski definition) is 7. The van der Waals surface area contributed by atoms with E-state index in [0.29, 0.717) is 49.3 Å². The fraction of sp³-hybridized carbons (Fsp3) is 0.632. The van der Waals surface area contributed by atoms with E-state index in [-0.39, 0.29) is 24.4 Å². The molecule has 3 heterocycles. The van der Waals surface area contributed by atoms with E-state index in [1.54, 1.807) is 12.3 Å². The third-order valence-corrected chi connectivity index (χ3v) is 7.26. The van der Waals surface area contributed by atoms with Crippen molar-refractivity contribution in [2.24, 2.45) is 0 Å². The molecule has 0 spiro atoms. The lowest BCUT2D eigenvalue weighted by Gasteiger charge is -2.32. The van der Waals surface area contributed by atoms with E-state index in [1.165, 1.54) is 21.2 Å². The Morgan fingerprint density at radius 3 is 2.63 bits per heavy atom. The topological polar surface area (TPSA) is 117 Å². The van der Waals surface area contributed by atoms with Gasteiger partial charge in [0.05, 0.1) is 18.4 Å². The normalized spacial score (nSPS) is 26.7. The summed E-state index contributed by atoms with van der Waals surface area (Å²) in [6.07, 6.45) is 2.86. The molecule has 0 aromatic carbocycles. The van der Waals surface area contributed by atoms with Gasteiger partial charge >= 0.3 is 0 Å². The summed E-state index contributed by atoms with van der Waals surface area (Å²) in [4.78, 5) is 21.4. The van der Waals surface area contributed by atoms with Gasteiger partial charge < -0.3 is 10.4 Å². The number of sulfonamides is 1. The monoisotopic (exact) mass is 439 g/mol. The van der Waals surface area contributed by atoms with Crippen LogP contribution in [0.4, 0.5) is 10.3 Å². The van der Waals surface area contributed by atoms with Crippen LogP contribution >= 0.6 is 0 Å². The summed E-state index contributed by atoms with van der Waals surface area (Å²) in [7, 11) is -3.20. The van der Waals surface area contributed by atoms with Gasteiger partial charge in [0, 0.05) is 36.8 Å². The van der Waals surface area contributed by atoms with Crippen LogP contribution in [0.1, 0.15) is 38.1 Å². The van der Waals surface area contributed by atoms with E-state index < -0.39 is 28.3 Å². The maximum absolute atomic E-state index is 14.6. The number of aliphatic hydroxyl groups excluding tert-OH is 1. The standard InChI is InChI=1S/C19H26FN5O4S/c1-30(28,29)24-8-6-13(7-9-24)22-19-21-11-12-2-5-17(27)25(18(12)23-19)16-10-14(26)3-4-15(16)20/h2,5,11,13-16,26H,3-4,6-10H2,1H3,(H,21,22,23). The molecule has 2 aliphatic rings. The Morgan fingerprint density at radius 2 is 1.93 bits per heavy atom. The van der Waals surface area contributed by atoms with Crippen LogP contribution in [-0.2, 0) is 10.0 Å². The number of anilines is 1. The third kappa shape index (κ3) is 4.33. The molecule has 3 unspecified atom stereocenters. The molecule has 0 amide bonds. The molecule has 0 radical (unpaired) electrons. The third-order valence-electron chi connectivity index (χ3n) is 5.96. The van der Waals surface area contributed by atoms with Gasteiger partial charge in [0.15, 0.2) is 0 Å². The van der Waals surface area contributed by atoms with Gasteiger partial charge in [-0.15, -0.1) is 0 Å². The molecule has 11 heteroatoms. The second kappa shape index (κ2) is 8.20. The molecule has 1 aliphatic heterocycles. The maximum Gasteiger partial charge on any atom is 0.252 e. The number of rotatable bonds is 4. The van der Waals surface area contributed by atoms with Crippen molar-refractivity contribution in [3.8, 4) is 0 Å². The molecule has 3 atom stereocenters. The molecular weight excluding hydrogens is 413 g/mol. The van der Waals surface area contributed by atoms with Crippen molar-refractivity contribution < 1.29 is 17.9 Å². The van der Waals surface area contributed by atoms with Gasteiger partial charge in [-0.3, -0.25) is 9.36 Å². The first-order valence-electron chi connectivity index (χ1n) is 10.1. The Kier molecular flexibility index (Phi) is 5.78. The van der Waals surface area contributed by atoms with E-state index in [4.69, 9.17) is 0 Å². The molecule has 1 saturated heterocycles. The number of hydrogen-bond donors (Lipinski definition) is 2. The summed E-state index contributed by atoms with van der Waals surface area (Å²) in [5.41, 5.74) is -0.0364. The van der Waals surface area contributed by atoms with Crippen molar-refractivity contribution >= 4 is 27.0 Å². The van der Waals surface area contributed by atoms with E-state index in [1.807, 2.05) is 0 Å². The highest BCUT2D eigenvalue weighted by molar-refractivity contribution is 7.88. The molecule has 9 nitrogen and oxygen atoms in total. The number of fused-ring (bicyclic) bond motifs is 1. The van der Waals surface area contributed by atoms with Crippen molar-refractivity contribution in [1.82, 2.24) is 18.8 Å². The summed E-state index contributed by atoms with van der Waals surface area (Å²) in [6.45, 7) is 0.830. The lowest BCUT2D eigenvalue weighted by atomic mass is 9.91. The summed E-state index contributed by atoms with van der Waals surface area (Å²) in [5.74, 6) is 0.312. The number of aliphatic hydroxyl groups is 1. The minimum Gasteiger partial charge on any atom is -0.393 e. The number of alkyl halides is 1. The van der Waals surface area contributed by atoms with Crippen LogP contribution in [0.2, 0.25) is 0 Å². The van der Waals surface area contributed by atoms with Crippen LogP contribution in [0.15, 0.2) is 23.1 Å². The van der Waals surface area contributed by atoms with Gasteiger partial charge in [-0.25, -0.2) is 22.1 Å². The number of nitrogens with one attached hydrogen (secondary N) is 1. The number of nitrogens with zero attached hydrogens (tertiary/aromatic N) is 4. The first-order chi connectivity index (χ1) is 14.2. The number of piperidine rings is 1. The fourth-order valence-corrected chi connectivity index (χ4v) is 5.17. The molecule has 1 saturated carbocycles.